The molecule has 0 aromatic heterocycles. The van der Waals surface area contributed by atoms with Crippen molar-refractivity contribution in [1.82, 2.24) is 4.90 Å². The molecule has 1 unspecified atom stereocenters. The van der Waals surface area contributed by atoms with Crippen LogP contribution in [0, 0.1) is 5.92 Å². The second-order valence-corrected chi connectivity index (χ2v) is 6.46. The van der Waals surface area contributed by atoms with Crippen molar-refractivity contribution < 1.29 is 4.79 Å². The first-order valence-electron chi connectivity index (χ1n) is 7.14. The van der Waals surface area contributed by atoms with Gasteiger partial charge in [-0.3, -0.25) is 4.79 Å². The average molecular weight is 378 g/mol. The second-order valence-electron chi connectivity index (χ2n) is 5.60. The Labute approximate surface area is 142 Å². The van der Waals surface area contributed by atoms with Gasteiger partial charge in [-0.15, -0.1) is 12.4 Å². The van der Waals surface area contributed by atoms with Crippen LogP contribution in [0.2, 0.25) is 0 Å². The maximum atomic E-state index is 12.1. The minimum atomic E-state index is 0. The summed E-state index contributed by atoms with van der Waals surface area (Å²) in [6.45, 7) is 4.95. The Balaban J connectivity index is 0.00000400. The lowest BCUT2D eigenvalue weighted by atomic mass is 10.0. The fraction of sp³-hybridized carbons (Fsp3) is 0.562. The molecule has 1 aromatic carbocycles. The standard InChI is InChI=1S/C16H25BrN2O.ClH/c1-12(2)15(18)10-11-19(3)16(20)9-8-13-6-4-5-7-14(13)17;/h4-7,12,15H,8-11,18H2,1-3H3;1H. The Bertz CT molecular complexity index is 440. The largest absolute Gasteiger partial charge is 0.346 e. The Morgan fingerprint density at radius 2 is 1.95 bits per heavy atom. The van der Waals surface area contributed by atoms with E-state index in [-0.39, 0.29) is 24.4 Å². The van der Waals surface area contributed by atoms with Crippen molar-refractivity contribution in [2.24, 2.45) is 11.7 Å². The Morgan fingerprint density at radius 3 is 2.52 bits per heavy atom. The van der Waals surface area contributed by atoms with Gasteiger partial charge in [-0.25, -0.2) is 0 Å². The molecule has 0 spiro atoms. The number of hydrogen-bond donors (Lipinski definition) is 1. The summed E-state index contributed by atoms with van der Waals surface area (Å²) >= 11 is 3.51. The number of halogens is 2. The van der Waals surface area contributed by atoms with Gasteiger partial charge in [-0.2, -0.15) is 0 Å². The molecule has 0 heterocycles. The molecular weight excluding hydrogens is 352 g/mol. The van der Waals surface area contributed by atoms with Crippen LogP contribution in [0.15, 0.2) is 28.7 Å². The molecule has 0 fully saturated rings. The topological polar surface area (TPSA) is 46.3 Å². The molecule has 0 aliphatic rings. The summed E-state index contributed by atoms with van der Waals surface area (Å²) < 4.78 is 1.07. The summed E-state index contributed by atoms with van der Waals surface area (Å²) in [4.78, 5) is 13.9. The lowest BCUT2D eigenvalue weighted by Gasteiger charge is -2.21. The summed E-state index contributed by atoms with van der Waals surface area (Å²) in [7, 11) is 1.86. The van der Waals surface area contributed by atoms with Gasteiger partial charge in [0.15, 0.2) is 0 Å². The van der Waals surface area contributed by atoms with Crippen molar-refractivity contribution >= 4 is 34.2 Å². The number of benzene rings is 1. The zero-order valence-corrected chi connectivity index (χ0v) is 15.4. The predicted octanol–water partition coefficient (Wildman–Crippen LogP) is 3.64. The molecule has 1 atom stereocenters. The average Bonchev–Trinajstić information content (AvgIpc) is 2.42. The predicted molar refractivity (Wildman–Crippen MR) is 94.8 cm³/mol. The highest BCUT2D eigenvalue weighted by Crippen LogP contribution is 2.17. The van der Waals surface area contributed by atoms with Crippen LogP contribution < -0.4 is 5.73 Å². The molecule has 120 valence electrons. The molecule has 0 bridgehead atoms. The van der Waals surface area contributed by atoms with Gasteiger partial charge in [0.1, 0.15) is 0 Å². The lowest BCUT2D eigenvalue weighted by Crippen LogP contribution is -2.34. The Hall–Kier alpha value is -0.580. The summed E-state index contributed by atoms with van der Waals surface area (Å²) in [6.07, 6.45) is 2.16. The minimum absolute atomic E-state index is 0. The van der Waals surface area contributed by atoms with Gasteiger partial charge >= 0.3 is 0 Å². The molecule has 2 N–H and O–H groups in total. The van der Waals surface area contributed by atoms with E-state index >= 15 is 0 Å². The van der Waals surface area contributed by atoms with Gasteiger partial charge in [-0.05, 0) is 30.4 Å². The van der Waals surface area contributed by atoms with E-state index in [0.29, 0.717) is 12.3 Å². The third kappa shape index (κ3) is 7.30. The fourth-order valence-corrected chi connectivity index (χ4v) is 2.42. The molecule has 21 heavy (non-hydrogen) atoms. The van der Waals surface area contributed by atoms with E-state index < -0.39 is 0 Å². The number of amides is 1. The third-order valence-corrected chi connectivity index (χ3v) is 4.42. The molecule has 0 aliphatic carbocycles. The van der Waals surface area contributed by atoms with Gasteiger partial charge in [0.25, 0.3) is 0 Å². The SMILES string of the molecule is CC(C)C(N)CCN(C)C(=O)CCc1ccccc1Br.Cl. The van der Waals surface area contributed by atoms with Crippen LogP contribution in [-0.2, 0) is 11.2 Å². The minimum Gasteiger partial charge on any atom is -0.346 e. The quantitative estimate of drug-likeness (QED) is 0.788. The fourth-order valence-electron chi connectivity index (χ4n) is 1.93. The number of carbonyl (C=O) groups excluding carboxylic acids is 1. The molecule has 0 saturated heterocycles. The number of nitrogens with zero attached hydrogens (tertiary/aromatic N) is 1. The number of aryl methyl sites for hydroxylation is 1. The first-order chi connectivity index (χ1) is 9.41. The molecule has 1 amide bonds. The van der Waals surface area contributed by atoms with E-state index in [1.807, 2.05) is 31.3 Å². The maximum absolute atomic E-state index is 12.1. The zero-order chi connectivity index (χ0) is 15.1. The number of hydrogen-bond acceptors (Lipinski definition) is 2. The molecule has 0 radical (unpaired) electrons. The highest BCUT2D eigenvalue weighted by molar-refractivity contribution is 9.10. The molecular formula is C16H26BrClN2O. The summed E-state index contributed by atoms with van der Waals surface area (Å²) in [5.74, 6) is 0.635. The normalized spacial score (nSPS) is 11.9. The summed E-state index contributed by atoms with van der Waals surface area (Å²) in [5, 5.41) is 0. The van der Waals surface area contributed by atoms with Gasteiger partial charge in [-0.1, -0.05) is 48.0 Å². The van der Waals surface area contributed by atoms with Crippen LogP contribution in [0.5, 0.6) is 0 Å². The van der Waals surface area contributed by atoms with Crippen molar-refractivity contribution in [3.8, 4) is 0 Å². The molecule has 1 rings (SSSR count). The van der Waals surface area contributed by atoms with E-state index in [9.17, 15) is 4.79 Å². The van der Waals surface area contributed by atoms with Crippen molar-refractivity contribution in [3.05, 3.63) is 34.3 Å². The van der Waals surface area contributed by atoms with Gasteiger partial charge in [0, 0.05) is 30.5 Å². The molecule has 0 saturated carbocycles. The molecule has 1 aromatic rings. The van der Waals surface area contributed by atoms with E-state index in [2.05, 4.69) is 29.8 Å². The van der Waals surface area contributed by atoms with Crippen LogP contribution in [0.25, 0.3) is 0 Å². The Kier molecular flexibility index (Phi) is 9.92. The first-order valence-corrected chi connectivity index (χ1v) is 7.94. The maximum Gasteiger partial charge on any atom is 0.222 e. The van der Waals surface area contributed by atoms with Crippen LogP contribution >= 0.6 is 28.3 Å². The molecule has 5 heteroatoms. The van der Waals surface area contributed by atoms with E-state index in [0.717, 1.165) is 23.9 Å². The summed E-state index contributed by atoms with van der Waals surface area (Å²) in [6, 6.07) is 8.19. The van der Waals surface area contributed by atoms with Crippen molar-refractivity contribution in [3.63, 3.8) is 0 Å². The van der Waals surface area contributed by atoms with Crippen LogP contribution in [0.4, 0.5) is 0 Å². The van der Waals surface area contributed by atoms with Gasteiger partial charge < -0.3 is 10.6 Å². The van der Waals surface area contributed by atoms with Crippen LogP contribution in [-0.4, -0.2) is 30.4 Å². The van der Waals surface area contributed by atoms with Crippen molar-refractivity contribution in [1.29, 1.82) is 0 Å². The molecule has 3 nitrogen and oxygen atoms in total. The smallest absolute Gasteiger partial charge is 0.222 e. The zero-order valence-electron chi connectivity index (χ0n) is 13.0. The van der Waals surface area contributed by atoms with E-state index in [1.54, 1.807) is 4.90 Å². The van der Waals surface area contributed by atoms with E-state index in [1.165, 1.54) is 5.56 Å². The monoisotopic (exact) mass is 376 g/mol. The lowest BCUT2D eigenvalue weighted by molar-refractivity contribution is -0.129. The third-order valence-electron chi connectivity index (χ3n) is 3.65. The van der Waals surface area contributed by atoms with Crippen LogP contribution in [0.1, 0.15) is 32.3 Å². The highest BCUT2D eigenvalue weighted by atomic mass is 79.9. The first kappa shape index (κ1) is 20.4. The van der Waals surface area contributed by atoms with Crippen molar-refractivity contribution in [2.45, 2.75) is 39.2 Å². The van der Waals surface area contributed by atoms with E-state index in [4.69, 9.17) is 5.73 Å². The van der Waals surface area contributed by atoms with Gasteiger partial charge in [0.2, 0.25) is 5.91 Å². The molecule has 0 aliphatic heterocycles. The number of carbonyl (C=O) groups is 1. The Morgan fingerprint density at radius 1 is 1.33 bits per heavy atom. The summed E-state index contributed by atoms with van der Waals surface area (Å²) in [5.41, 5.74) is 7.18. The van der Waals surface area contributed by atoms with Gasteiger partial charge in [0.05, 0.1) is 0 Å². The highest BCUT2D eigenvalue weighted by Gasteiger charge is 2.13. The van der Waals surface area contributed by atoms with Crippen molar-refractivity contribution in [2.75, 3.05) is 13.6 Å². The second kappa shape index (κ2) is 10.2. The number of nitrogens with two attached hydrogens (primary N) is 1. The van der Waals surface area contributed by atoms with Crippen LogP contribution in [0.3, 0.4) is 0 Å². The number of rotatable bonds is 7.